The number of nitro groups is 1. The van der Waals surface area contributed by atoms with E-state index in [1.165, 1.54) is 6.92 Å². The number of hydrogen-bond acceptors (Lipinski definition) is 5. The number of hydrogen-bond donors (Lipinski definition) is 2. The van der Waals surface area contributed by atoms with E-state index >= 15 is 0 Å². The first-order valence-corrected chi connectivity index (χ1v) is 7.60. The third-order valence-corrected chi connectivity index (χ3v) is 4.65. The Balaban J connectivity index is 0.00000400. The summed E-state index contributed by atoms with van der Waals surface area (Å²) in [6.45, 7) is 5.03. The lowest BCUT2D eigenvalue weighted by Gasteiger charge is -2.14. The van der Waals surface area contributed by atoms with Crippen LogP contribution in [0.4, 0.5) is 5.69 Å². The molecule has 0 aliphatic heterocycles. The summed E-state index contributed by atoms with van der Waals surface area (Å²) in [5.74, 6) is 0. The molecule has 0 aliphatic carbocycles. The molecule has 0 fully saturated rings. The van der Waals surface area contributed by atoms with Gasteiger partial charge in [0.15, 0.2) is 4.90 Å². The Morgan fingerprint density at radius 3 is 2.29 bits per heavy atom. The number of sulfonamides is 1. The Bertz CT molecular complexity index is 619. The van der Waals surface area contributed by atoms with E-state index in [1.807, 2.05) is 0 Å². The van der Waals surface area contributed by atoms with Crippen molar-refractivity contribution in [1.29, 1.82) is 0 Å². The number of halogens is 1. The average molecular weight is 338 g/mol. The maximum Gasteiger partial charge on any atom is 0.292 e. The molecule has 2 N–H and O–H groups in total. The zero-order chi connectivity index (χ0) is 15.5. The number of rotatable bonds is 6. The number of benzene rings is 1. The zero-order valence-corrected chi connectivity index (χ0v) is 14.0. The average Bonchev–Trinajstić information content (AvgIpc) is 2.37. The Morgan fingerprint density at radius 2 is 1.81 bits per heavy atom. The van der Waals surface area contributed by atoms with Crippen LogP contribution in [0, 0.1) is 24.0 Å². The molecule has 21 heavy (non-hydrogen) atoms. The first kappa shape index (κ1) is 19.8. The lowest BCUT2D eigenvalue weighted by atomic mass is 10.1. The molecule has 0 aromatic heterocycles. The number of nitrogens with zero attached hydrogens (tertiary/aromatic N) is 1. The van der Waals surface area contributed by atoms with Crippen molar-refractivity contribution in [3.05, 3.63) is 33.4 Å². The van der Waals surface area contributed by atoms with Crippen LogP contribution >= 0.6 is 12.4 Å². The van der Waals surface area contributed by atoms with Gasteiger partial charge in [-0.25, -0.2) is 13.1 Å². The van der Waals surface area contributed by atoms with Crippen molar-refractivity contribution >= 4 is 28.1 Å². The van der Waals surface area contributed by atoms with Crippen LogP contribution in [0.5, 0.6) is 0 Å². The maximum absolute atomic E-state index is 12.3. The smallest absolute Gasteiger partial charge is 0.292 e. The third kappa shape index (κ3) is 4.63. The fraction of sp³-hybridized carbons (Fsp3) is 0.500. The lowest BCUT2D eigenvalue weighted by Crippen LogP contribution is -2.37. The van der Waals surface area contributed by atoms with Crippen LogP contribution < -0.4 is 10.0 Å². The molecule has 0 saturated carbocycles. The predicted octanol–water partition coefficient (Wildman–Crippen LogP) is 1.52. The van der Waals surface area contributed by atoms with Crippen molar-refractivity contribution in [2.24, 2.45) is 0 Å². The van der Waals surface area contributed by atoms with Gasteiger partial charge in [0.25, 0.3) is 5.69 Å². The largest absolute Gasteiger partial charge is 0.316 e. The van der Waals surface area contributed by atoms with E-state index in [2.05, 4.69) is 10.0 Å². The monoisotopic (exact) mass is 337 g/mol. The van der Waals surface area contributed by atoms with Gasteiger partial charge < -0.3 is 5.32 Å². The van der Waals surface area contributed by atoms with E-state index in [4.69, 9.17) is 0 Å². The van der Waals surface area contributed by atoms with Crippen molar-refractivity contribution in [1.82, 2.24) is 10.0 Å². The quantitative estimate of drug-likeness (QED) is 0.605. The molecule has 0 aliphatic rings. The Kier molecular flexibility index (Phi) is 7.25. The molecule has 1 aromatic carbocycles. The first-order valence-electron chi connectivity index (χ1n) is 6.12. The highest BCUT2D eigenvalue weighted by atomic mass is 35.5. The molecule has 9 heteroatoms. The SMILES string of the molecule is CNC(C)CNS(=O)(=O)c1c(C)ccc(C)c1[N+](=O)[O-].Cl. The fourth-order valence-corrected chi connectivity index (χ4v) is 3.34. The summed E-state index contributed by atoms with van der Waals surface area (Å²) in [6.07, 6.45) is 0. The van der Waals surface area contributed by atoms with Crippen LogP contribution in [0.25, 0.3) is 0 Å². The van der Waals surface area contributed by atoms with E-state index in [-0.39, 0.29) is 35.6 Å². The second-order valence-electron chi connectivity index (χ2n) is 4.68. The molecule has 1 unspecified atom stereocenters. The maximum atomic E-state index is 12.3. The highest BCUT2D eigenvalue weighted by molar-refractivity contribution is 7.89. The molecule has 0 spiro atoms. The summed E-state index contributed by atoms with van der Waals surface area (Å²) < 4.78 is 27.0. The Hall–Kier alpha value is -1.22. The number of likely N-dealkylation sites (N-methyl/N-ethyl adjacent to an activating group) is 1. The van der Waals surface area contributed by atoms with Crippen molar-refractivity contribution < 1.29 is 13.3 Å². The summed E-state index contributed by atoms with van der Waals surface area (Å²) in [5, 5.41) is 14.0. The minimum absolute atomic E-state index is 0. The van der Waals surface area contributed by atoms with Crippen LogP contribution in [0.3, 0.4) is 0 Å². The van der Waals surface area contributed by atoms with Crippen LogP contribution in [0.15, 0.2) is 17.0 Å². The minimum atomic E-state index is -3.93. The van der Waals surface area contributed by atoms with Gasteiger partial charge in [-0.15, -0.1) is 12.4 Å². The molecule has 0 radical (unpaired) electrons. The molecule has 0 amide bonds. The highest BCUT2D eigenvalue weighted by Gasteiger charge is 2.29. The van der Waals surface area contributed by atoms with Gasteiger partial charge in [-0.3, -0.25) is 10.1 Å². The summed E-state index contributed by atoms with van der Waals surface area (Å²) in [6, 6.07) is 3.04. The van der Waals surface area contributed by atoms with E-state index in [0.29, 0.717) is 11.1 Å². The van der Waals surface area contributed by atoms with E-state index in [1.54, 1.807) is 33.0 Å². The molecule has 1 aromatic rings. The summed E-state index contributed by atoms with van der Waals surface area (Å²) in [7, 11) is -2.22. The van der Waals surface area contributed by atoms with Gasteiger partial charge >= 0.3 is 0 Å². The standard InChI is InChI=1S/C12H19N3O4S.ClH/c1-8-5-6-9(2)12(11(8)15(16)17)20(18,19)14-7-10(3)13-4;/h5-6,10,13-14H,7H2,1-4H3;1H. The highest BCUT2D eigenvalue weighted by Crippen LogP contribution is 2.30. The van der Waals surface area contributed by atoms with Crippen LogP contribution in [0.2, 0.25) is 0 Å². The predicted molar refractivity (Wildman–Crippen MR) is 83.5 cm³/mol. The van der Waals surface area contributed by atoms with Crippen molar-refractivity contribution in [2.75, 3.05) is 13.6 Å². The lowest BCUT2D eigenvalue weighted by molar-refractivity contribution is -0.388. The molecule has 7 nitrogen and oxygen atoms in total. The van der Waals surface area contributed by atoms with Crippen LogP contribution in [0.1, 0.15) is 18.1 Å². The summed E-state index contributed by atoms with van der Waals surface area (Å²) in [5.41, 5.74) is 0.309. The number of nitrogens with one attached hydrogen (secondary N) is 2. The molecule has 1 atom stereocenters. The second-order valence-corrected chi connectivity index (χ2v) is 6.38. The minimum Gasteiger partial charge on any atom is -0.316 e. The van der Waals surface area contributed by atoms with Gasteiger partial charge in [-0.05, 0) is 33.4 Å². The van der Waals surface area contributed by atoms with Gasteiger partial charge in [0.05, 0.1) is 4.92 Å². The first-order chi connectivity index (χ1) is 9.20. The van der Waals surface area contributed by atoms with Crippen LogP contribution in [-0.4, -0.2) is 33.0 Å². The molecular formula is C12H20ClN3O4S. The second kappa shape index (κ2) is 7.69. The molecule has 0 heterocycles. The van der Waals surface area contributed by atoms with Crippen molar-refractivity contribution in [3.63, 3.8) is 0 Å². The van der Waals surface area contributed by atoms with Gasteiger partial charge in [-0.1, -0.05) is 12.1 Å². The summed E-state index contributed by atoms with van der Waals surface area (Å²) in [4.78, 5) is 10.2. The summed E-state index contributed by atoms with van der Waals surface area (Å²) >= 11 is 0. The van der Waals surface area contributed by atoms with E-state index in [9.17, 15) is 18.5 Å². The van der Waals surface area contributed by atoms with Crippen molar-refractivity contribution in [3.8, 4) is 0 Å². The van der Waals surface area contributed by atoms with E-state index in [0.717, 1.165) is 0 Å². The molecule has 1 rings (SSSR count). The number of nitro benzene ring substituents is 1. The zero-order valence-electron chi connectivity index (χ0n) is 12.3. The van der Waals surface area contributed by atoms with E-state index < -0.39 is 14.9 Å². The topological polar surface area (TPSA) is 101 Å². The third-order valence-electron chi connectivity index (χ3n) is 3.05. The molecule has 120 valence electrons. The van der Waals surface area contributed by atoms with Gasteiger partial charge in [0.2, 0.25) is 10.0 Å². The van der Waals surface area contributed by atoms with Gasteiger partial charge in [0, 0.05) is 18.2 Å². The normalized spacial score (nSPS) is 12.6. The van der Waals surface area contributed by atoms with Gasteiger partial charge in [-0.2, -0.15) is 0 Å². The molecular weight excluding hydrogens is 318 g/mol. The van der Waals surface area contributed by atoms with Gasteiger partial charge in [0.1, 0.15) is 0 Å². The Morgan fingerprint density at radius 1 is 1.29 bits per heavy atom. The molecule has 0 bridgehead atoms. The van der Waals surface area contributed by atoms with Crippen molar-refractivity contribution in [2.45, 2.75) is 31.7 Å². The Labute approximate surface area is 130 Å². The fourth-order valence-electron chi connectivity index (χ4n) is 1.75. The van der Waals surface area contributed by atoms with Crippen LogP contribution in [-0.2, 0) is 10.0 Å². The number of aryl methyl sites for hydroxylation is 2. The molecule has 0 saturated heterocycles.